The second kappa shape index (κ2) is 65.8. The van der Waals surface area contributed by atoms with E-state index < -0.39 is 12.1 Å². The minimum Gasteiger partial charge on any atom is -0.462 e. The molecule has 0 aliphatic rings. The first-order chi connectivity index (χ1) is 38.5. The average Bonchev–Trinajstić information content (AvgIpc) is 3.44. The van der Waals surface area contributed by atoms with E-state index in [4.69, 9.17) is 14.2 Å². The lowest BCUT2D eigenvalue weighted by Crippen LogP contribution is -2.30. The number of hydrogen-bond acceptors (Lipinski definition) is 6. The highest BCUT2D eigenvalue weighted by Crippen LogP contribution is 2.17. The van der Waals surface area contributed by atoms with Gasteiger partial charge >= 0.3 is 17.9 Å². The van der Waals surface area contributed by atoms with Gasteiger partial charge < -0.3 is 14.2 Å². The Hall–Kier alpha value is -3.67. The van der Waals surface area contributed by atoms with E-state index in [1.54, 1.807) is 6.08 Å². The Morgan fingerprint density at radius 3 is 0.897 bits per heavy atom. The second-order valence-corrected chi connectivity index (χ2v) is 22.0. The molecule has 0 bridgehead atoms. The van der Waals surface area contributed by atoms with Gasteiger partial charge in [0.05, 0.1) is 6.42 Å². The Bertz CT molecular complexity index is 1530. The van der Waals surface area contributed by atoms with Crippen LogP contribution in [0.25, 0.3) is 0 Å². The summed E-state index contributed by atoms with van der Waals surface area (Å²) in [7, 11) is 0. The van der Waals surface area contributed by atoms with Gasteiger partial charge in [0, 0.05) is 12.8 Å². The molecular weight excluding hydrogens is 961 g/mol. The molecule has 6 nitrogen and oxygen atoms in total. The number of carbonyl (C=O) groups excluding carboxylic acids is 3. The second-order valence-electron chi connectivity index (χ2n) is 22.0. The molecule has 0 aromatic carbocycles. The molecule has 0 spiro atoms. The average molecular weight is 1090 g/mol. The van der Waals surface area contributed by atoms with Gasteiger partial charge in [-0.15, -0.1) is 0 Å². The molecule has 0 saturated carbocycles. The first-order valence-corrected chi connectivity index (χ1v) is 33.2. The lowest BCUT2D eigenvalue weighted by molar-refractivity contribution is -0.166. The molecule has 0 aromatic rings. The summed E-state index contributed by atoms with van der Waals surface area (Å²) in [6.07, 6.45) is 89.0. The summed E-state index contributed by atoms with van der Waals surface area (Å²) in [6.45, 7) is 6.42. The quantitative estimate of drug-likeness (QED) is 0.0261. The predicted molar refractivity (Wildman–Crippen MR) is 339 cm³/mol. The lowest BCUT2D eigenvalue weighted by Gasteiger charge is -2.18. The number of carbonyl (C=O) groups is 3. The molecule has 0 saturated heterocycles. The highest BCUT2D eigenvalue weighted by molar-refractivity contribution is 5.72. The fourth-order valence-electron chi connectivity index (χ4n) is 9.36. The zero-order chi connectivity index (χ0) is 56.4. The summed E-state index contributed by atoms with van der Waals surface area (Å²) in [5.74, 6) is -1.06. The Balaban J connectivity index is 4.23. The first-order valence-electron chi connectivity index (χ1n) is 33.2. The van der Waals surface area contributed by atoms with Crippen LogP contribution in [0.5, 0.6) is 0 Å². The van der Waals surface area contributed by atoms with Gasteiger partial charge in [0.15, 0.2) is 6.10 Å². The molecule has 0 aliphatic carbocycles. The summed E-state index contributed by atoms with van der Waals surface area (Å²) in [5.41, 5.74) is 0. The van der Waals surface area contributed by atoms with E-state index in [1.807, 2.05) is 6.08 Å². The summed E-state index contributed by atoms with van der Waals surface area (Å²) >= 11 is 0. The smallest absolute Gasteiger partial charge is 0.310 e. The van der Waals surface area contributed by atoms with Gasteiger partial charge in [-0.2, -0.15) is 0 Å². The van der Waals surface area contributed by atoms with Crippen LogP contribution in [-0.4, -0.2) is 37.2 Å². The highest BCUT2D eigenvalue weighted by atomic mass is 16.6. The Kier molecular flexibility index (Phi) is 62.7. The standard InChI is InChI=1S/C72H124O6/c1-4-7-10-13-16-19-22-25-28-29-30-31-32-33-34-35-36-37-38-39-40-41-42-43-45-47-50-53-56-59-62-65-71(74)77-68-69(67-76-70(73)64-61-58-55-52-49-46-27-24-21-18-15-12-9-6-3)78-72(75)66-63-60-57-54-51-48-44-26-23-20-17-14-11-8-5-2/h8,11,15,17-18,20,24,26-27,29-30,44,51,54,60,63,69H,4-7,9-10,12-14,16,19,21-23,25,28,31-43,45-50,52-53,55-59,61-62,64-68H2,1-3H3/b11-8-,18-15-,20-17-,27-24-,30-29-,44-26-,54-51-,63-60-. The molecule has 0 amide bonds. The van der Waals surface area contributed by atoms with Crippen LogP contribution in [0.2, 0.25) is 0 Å². The van der Waals surface area contributed by atoms with E-state index in [1.165, 1.54) is 186 Å². The van der Waals surface area contributed by atoms with E-state index in [-0.39, 0.29) is 31.6 Å². The van der Waals surface area contributed by atoms with Crippen molar-refractivity contribution in [3.63, 3.8) is 0 Å². The Morgan fingerprint density at radius 2 is 0.551 bits per heavy atom. The van der Waals surface area contributed by atoms with Gasteiger partial charge in [-0.1, -0.05) is 304 Å². The van der Waals surface area contributed by atoms with Crippen molar-refractivity contribution in [1.29, 1.82) is 0 Å². The number of esters is 3. The number of allylic oxidation sites excluding steroid dienone is 15. The number of rotatable bonds is 60. The molecule has 6 heteroatoms. The van der Waals surface area contributed by atoms with Crippen molar-refractivity contribution < 1.29 is 28.6 Å². The van der Waals surface area contributed by atoms with Crippen molar-refractivity contribution in [1.82, 2.24) is 0 Å². The summed E-state index contributed by atoms with van der Waals surface area (Å²) < 4.78 is 16.8. The van der Waals surface area contributed by atoms with Gasteiger partial charge in [0.25, 0.3) is 0 Å². The third-order valence-electron chi connectivity index (χ3n) is 14.3. The fourth-order valence-corrected chi connectivity index (χ4v) is 9.36. The predicted octanol–water partition coefficient (Wildman–Crippen LogP) is 22.8. The molecule has 1 unspecified atom stereocenters. The molecule has 0 rings (SSSR count). The van der Waals surface area contributed by atoms with Crippen LogP contribution in [0.4, 0.5) is 0 Å². The Morgan fingerprint density at radius 1 is 0.282 bits per heavy atom. The molecule has 0 radical (unpaired) electrons. The first kappa shape index (κ1) is 74.3. The van der Waals surface area contributed by atoms with E-state index in [9.17, 15) is 14.4 Å². The number of ether oxygens (including phenoxy) is 3. The number of hydrogen-bond donors (Lipinski definition) is 0. The van der Waals surface area contributed by atoms with Crippen molar-refractivity contribution in [3.05, 3.63) is 97.2 Å². The van der Waals surface area contributed by atoms with E-state index >= 15 is 0 Å². The van der Waals surface area contributed by atoms with Crippen molar-refractivity contribution >= 4 is 17.9 Å². The summed E-state index contributed by atoms with van der Waals surface area (Å²) in [4.78, 5) is 38.2. The topological polar surface area (TPSA) is 78.9 Å². The highest BCUT2D eigenvalue weighted by Gasteiger charge is 2.19. The van der Waals surface area contributed by atoms with Crippen molar-refractivity contribution in [2.45, 2.75) is 329 Å². The minimum absolute atomic E-state index is 0.0936. The van der Waals surface area contributed by atoms with E-state index in [2.05, 4.69) is 106 Å². The SMILES string of the molecule is CC/C=C\C/C=C\C/C=C\C/C=C\C/C=C\CC(=O)OC(COC(=O)CCCCCCC/C=C\C/C=C\CCCC)COC(=O)CCCCCCCCCCCCCCCCCCCCC/C=C\CCCCCCCCCC. The van der Waals surface area contributed by atoms with Gasteiger partial charge in [-0.25, -0.2) is 0 Å². The van der Waals surface area contributed by atoms with Crippen LogP contribution in [0, 0.1) is 0 Å². The maximum atomic E-state index is 12.8. The van der Waals surface area contributed by atoms with E-state index in [0.29, 0.717) is 12.8 Å². The van der Waals surface area contributed by atoms with E-state index in [0.717, 1.165) is 96.3 Å². The molecular formula is C72H124O6. The Labute approximate surface area is 483 Å². The van der Waals surface area contributed by atoms with Crippen molar-refractivity contribution in [3.8, 4) is 0 Å². The third kappa shape index (κ3) is 63.2. The number of unbranched alkanes of at least 4 members (excludes halogenated alkanes) is 34. The van der Waals surface area contributed by atoms with Gasteiger partial charge in [0.1, 0.15) is 13.2 Å². The molecule has 0 aliphatic heterocycles. The zero-order valence-electron chi connectivity index (χ0n) is 51.4. The molecule has 0 aromatic heterocycles. The lowest BCUT2D eigenvalue weighted by atomic mass is 10.0. The van der Waals surface area contributed by atoms with Crippen LogP contribution < -0.4 is 0 Å². The maximum absolute atomic E-state index is 12.8. The minimum atomic E-state index is -0.838. The summed E-state index contributed by atoms with van der Waals surface area (Å²) in [6, 6.07) is 0. The van der Waals surface area contributed by atoms with Gasteiger partial charge in [0.2, 0.25) is 0 Å². The fraction of sp³-hybridized carbons (Fsp3) is 0.736. The molecule has 448 valence electrons. The van der Waals surface area contributed by atoms with Gasteiger partial charge in [-0.05, 0) is 96.3 Å². The largest absolute Gasteiger partial charge is 0.462 e. The molecule has 78 heavy (non-hydrogen) atoms. The van der Waals surface area contributed by atoms with Crippen LogP contribution in [0.3, 0.4) is 0 Å². The normalized spacial score (nSPS) is 12.7. The molecule has 0 N–H and O–H groups in total. The van der Waals surface area contributed by atoms with Crippen LogP contribution >= 0.6 is 0 Å². The molecule has 0 fully saturated rings. The van der Waals surface area contributed by atoms with Crippen molar-refractivity contribution in [2.75, 3.05) is 13.2 Å². The van der Waals surface area contributed by atoms with Crippen LogP contribution in [-0.2, 0) is 28.6 Å². The van der Waals surface area contributed by atoms with Crippen LogP contribution in [0.15, 0.2) is 97.2 Å². The summed E-state index contributed by atoms with van der Waals surface area (Å²) in [5, 5.41) is 0. The molecule has 0 heterocycles. The molecule has 1 atom stereocenters. The third-order valence-corrected chi connectivity index (χ3v) is 14.3. The zero-order valence-corrected chi connectivity index (χ0v) is 51.4. The van der Waals surface area contributed by atoms with Crippen LogP contribution in [0.1, 0.15) is 323 Å². The maximum Gasteiger partial charge on any atom is 0.310 e. The monoisotopic (exact) mass is 1080 g/mol. The van der Waals surface area contributed by atoms with Crippen molar-refractivity contribution in [2.24, 2.45) is 0 Å². The van der Waals surface area contributed by atoms with Gasteiger partial charge in [-0.3, -0.25) is 14.4 Å².